The number of aliphatic hydroxyl groups excluding tert-OH is 1. The normalized spacial score (nSPS) is 24.1. The highest BCUT2D eigenvalue weighted by Gasteiger charge is 2.50. The Balaban J connectivity index is 1.41. The van der Waals surface area contributed by atoms with Crippen molar-refractivity contribution in [2.75, 3.05) is 26.2 Å². The Morgan fingerprint density at radius 1 is 1.03 bits per heavy atom. The Morgan fingerprint density at radius 3 is 2.29 bits per heavy atom. The Labute approximate surface area is 199 Å². The molecule has 0 radical (unpaired) electrons. The van der Waals surface area contributed by atoms with Gasteiger partial charge in [0.05, 0.1) is 12.9 Å². The third-order valence-corrected chi connectivity index (χ3v) is 8.84. The van der Waals surface area contributed by atoms with Gasteiger partial charge in [-0.15, -0.1) is 0 Å². The van der Waals surface area contributed by atoms with Crippen LogP contribution in [0.25, 0.3) is 11.1 Å². The molecule has 2 fully saturated rings. The maximum atomic E-state index is 13.3. The van der Waals surface area contributed by atoms with E-state index in [4.69, 9.17) is 0 Å². The SMILES string of the molecule is Cn1cnc(S(=O)(=O)N2CCCCN3[C@H](CO)[C@@H](c4ccc(-c5ccc(F)cc5)cc4)[C@H]3C2)c1. The van der Waals surface area contributed by atoms with Crippen LogP contribution in [0.2, 0.25) is 0 Å². The van der Waals surface area contributed by atoms with Crippen molar-refractivity contribution in [1.29, 1.82) is 0 Å². The fourth-order valence-electron chi connectivity index (χ4n) is 5.32. The molecule has 3 aromatic rings. The molecular formula is C25H29FN4O3S. The van der Waals surface area contributed by atoms with Crippen molar-refractivity contribution >= 4 is 10.0 Å². The second-order valence-electron chi connectivity index (χ2n) is 9.16. The number of imidazole rings is 1. The minimum Gasteiger partial charge on any atom is -0.395 e. The number of aliphatic hydroxyl groups is 1. The summed E-state index contributed by atoms with van der Waals surface area (Å²) in [7, 11) is -1.94. The molecule has 0 bridgehead atoms. The second kappa shape index (κ2) is 9.22. The van der Waals surface area contributed by atoms with Gasteiger partial charge in [0.1, 0.15) is 5.82 Å². The van der Waals surface area contributed by atoms with Gasteiger partial charge < -0.3 is 9.67 Å². The van der Waals surface area contributed by atoms with Gasteiger partial charge in [-0.3, -0.25) is 4.90 Å². The lowest BCUT2D eigenvalue weighted by molar-refractivity contribution is -0.0554. The van der Waals surface area contributed by atoms with Crippen molar-refractivity contribution in [1.82, 2.24) is 18.8 Å². The number of nitrogens with zero attached hydrogens (tertiary/aromatic N) is 4. The summed E-state index contributed by atoms with van der Waals surface area (Å²) in [6.45, 7) is 1.69. The highest BCUT2D eigenvalue weighted by Crippen LogP contribution is 2.42. The average molecular weight is 485 g/mol. The molecule has 7 nitrogen and oxygen atoms in total. The number of benzene rings is 2. The Morgan fingerprint density at radius 2 is 1.68 bits per heavy atom. The maximum absolute atomic E-state index is 13.3. The van der Waals surface area contributed by atoms with Crippen molar-refractivity contribution in [3.63, 3.8) is 0 Å². The van der Waals surface area contributed by atoms with E-state index in [1.165, 1.54) is 24.7 Å². The van der Waals surface area contributed by atoms with Crippen molar-refractivity contribution in [2.24, 2.45) is 7.05 Å². The van der Waals surface area contributed by atoms with Crippen LogP contribution in [0.1, 0.15) is 24.3 Å². The number of rotatable bonds is 5. The van der Waals surface area contributed by atoms with Gasteiger partial charge >= 0.3 is 0 Å². The van der Waals surface area contributed by atoms with Crippen molar-refractivity contribution in [3.8, 4) is 11.1 Å². The zero-order valence-corrected chi connectivity index (χ0v) is 19.9. The van der Waals surface area contributed by atoms with E-state index in [1.807, 2.05) is 24.3 Å². The monoisotopic (exact) mass is 484 g/mol. The molecule has 1 aromatic heterocycles. The Kier molecular flexibility index (Phi) is 6.28. The highest BCUT2D eigenvalue weighted by atomic mass is 32.2. The van der Waals surface area contributed by atoms with Gasteiger partial charge in [-0.25, -0.2) is 17.8 Å². The number of sulfonamides is 1. The summed E-state index contributed by atoms with van der Waals surface area (Å²) in [6.07, 6.45) is 4.68. The first-order chi connectivity index (χ1) is 16.4. The van der Waals surface area contributed by atoms with Gasteiger partial charge in [0.15, 0.2) is 5.03 Å². The van der Waals surface area contributed by atoms with E-state index in [0.29, 0.717) is 13.1 Å². The minimum atomic E-state index is -3.70. The molecule has 0 aliphatic carbocycles. The molecule has 0 saturated carbocycles. The van der Waals surface area contributed by atoms with Gasteiger partial charge in [-0.2, -0.15) is 4.31 Å². The van der Waals surface area contributed by atoms with Crippen LogP contribution in [-0.2, 0) is 17.1 Å². The average Bonchev–Trinajstić information content (AvgIpc) is 3.26. The largest absolute Gasteiger partial charge is 0.395 e. The van der Waals surface area contributed by atoms with Gasteiger partial charge in [-0.05, 0) is 48.2 Å². The van der Waals surface area contributed by atoms with E-state index in [1.54, 1.807) is 28.1 Å². The third-order valence-electron chi connectivity index (χ3n) is 7.09. The lowest BCUT2D eigenvalue weighted by Crippen LogP contribution is -2.67. The smallest absolute Gasteiger partial charge is 0.262 e. The molecule has 34 heavy (non-hydrogen) atoms. The van der Waals surface area contributed by atoms with Crippen LogP contribution in [0.5, 0.6) is 0 Å². The molecule has 0 amide bonds. The number of aromatic nitrogens is 2. The quantitative estimate of drug-likeness (QED) is 0.603. The summed E-state index contributed by atoms with van der Waals surface area (Å²) in [5.41, 5.74) is 2.99. The summed E-state index contributed by atoms with van der Waals surface area (Å²) in [5, 5.41) is 10.2. The van der Waals surface area contributed by atoms with Crippen LogP contribution in [0, 0.1) is 5.82 Å². The summed E-state index contributed by atoms with van der Waals surface area (Å²) in [6, 6.07) is 14.4. The molecule has 3 atom stereocenters. The predicted molar refractivity (Wildman–Crippen MR) is 127 cm³/mol. The molecule has 2 saturated heterocycles. The molecule has 2 aliphatic heterocycles. The summed E-state index contributed by atoms with van der Waals surface area (Å²) < 4.78 is 43.1. The molecule has 1 N–H and O–H groups in total. The fourth-order valence-corrected chi connectivity index (χ4v) is 6.78. The number of hydrogen-bond acceptors (Lipinski definition) is 5. The molecule has 2 aliphatic rings. The lowest BCUT2D eigenvalue weighted by atomic mass is 9.74. The zero-order valence-electron chi connectivity index (χ0n) is 19.1. The van der Waals surface area contributed by atoms with E-state index in [-0.39, 0.29) is 35.5 Å². The van der Waals surface area contributed by atoms with Crippen LogP contribution < -0.4 is 0 Å². The second-order valence-corrected chi connectivity index (χ2v) is 11.0. The summed E-state index contributed by atoms with van der Waals surface area (Å²) in [4.78, 5) is 6.34. The Hall–Kier alpha value is -2.59. The molecule has 2 aromatic carbocycles. The lowest BCUT2D eigenvalue weighted by Gasteiger charge is -2.57. The van der Waals surface area contributed by atoms with E-state index >= 15 is 0 Å². The molecule has 180 valence electrons. The molecular weight excluding hydrogens is 455 g/mol. The van der Waals surface area contributed by atoms with Crippen LogP contribution in [-0.4, -0.2) is 70.6 Å². The highest BCUT2D eigenvalue weighted by molar-refractivity contribution is 7.89. The standard InChI is InChI=1S/C25H29FN4O3S/c1-28-15-24(27-17-28)34(32,33)29-12-2-3-13-30-22(14-29)25(23(30)16-31)20-6-4-18(5-7-20)19-8-10-21(26)11-9-19/h4-11,15,17,22-23,25,31H,2-3,12-14,16H2,1H3/t22-,23-,25+/m1/s1. The van der Waals surface area contributed by atoms with Crippen molar-refractivity contribution < 1.29 is 17.9 Å². The first kappa shape index (κ1) is 23.2. The minimum absolute atomic E-state index is 0.0202. The fraction of sp³-hybridized carbons (Fsp3) is 0.400. The van der Waals surface area contributed by atoms with E-state index < -0.39 is 10.0 Å². The number of halogens is 1. The van der Waals surface area contributed by atoms with Gasteiger partial charge in [0.25, 0.3) is 10.0 Å². The van der Waals surface area contributed by atoms with Crippen LogP contribution in [0.3, 0.4) is 0 Å². The van der Waals surface area contributed by atoms with Crippen molar-refractivity contribution in [2.45, 2.75) is 35.9 Å². The maximum Gasteiger partial charge on any atom is 0.262 e. The first-order valence-electron chi connectivity index (χ1n) is 11.6. The first-order valence-corrected chi connectivity index (χ1v) is 13.0. The predicted octanol–water partition coefficient (Wildman–Crippen LogP) is 2.84. The van der Waals surface area contributed by atoms with Gasteiger partial charge in [0, 0.05) is 44.3 Å². The number of hydrogen-bond donors (Lipinski definition) is 1. The topological polar surface area (TPSA) is 78.7 Å². The van der Waals surface area contributed by atoms with E-state index in [9.17, 15) is 17.9 Å². The number of aryl methyl sites for hydroxylation is 1. The summed E-state index contributed by atoms with van der Waals surface area (Å²) in [5.74, 6) is -0.248. The molecule has 0 unspecified atom stereocenters. The zero-order chi connectivity index (χ0) is 23.9. The van der Waals surface area contributed by atoms with Crippen LogP contribution in [0.4, 0.5) is 4.39 Å². The molecule has 5 rings (SSSR count). The summed E-state index contributed by atoms with van der Waals surface area (Å²) >= 11 is 0. The number of fused-ring (bicyclic) bond motifs is 1. The van der Waals surface area contributed by atoms with Crippen LogP contribution >= 0.6 is 0 Å². The molecule has 0 spiro atoms. The third kappa shape index (κ3) is 4.17. The molecule has 9 heteroatoms. The van der Waals surface area contributed by atoms with Gasteiger partial charge in [0.2, 0.25) is 0 Å². The Bertz CT molecular complexity index is 1240. The molecule has 3 heterocycles. The van der Waals surface area contributed by atoms with Crippen LogP contribution in [0.15, 0.2) is 66.1 Å². The van der Waals surface area contributed by atoms with E-state index in [0.717, 1.165) is 36.1 Å². The van der Waals surface area contributed by atoms with Crippen molar-refractivity contribution in [3.05, 3.63) is 72.4 Å². The van der Waals surface area contributed by atoms with Gasteiger partial charge in [-0.1, -0.05) is 36.4 Å². The van der Waals surface area contributed by atoms with E-state index in [2.05, 4.69) is 9.88 Å².